The minimum Gasteiger partial charge on any atom is -0.316 e. The second-order valence-electron chi connectivity index (χ2n) is 4.78. The molecule has 1 aromatic carbocycles. The molecule has 0 bridgehead atoms. The van der Waals surface area contributed by atoms with Gasteiger partial charge in [0.15, 0.2) is 0 Å². The topological polar surface area (TPSA) is 49.4 Å². The summed E-state index contributed by atoms with van der Waals surface area (Å²) in [6.45, 7) is 4.59. The van der Waals surface area contributed by atoms with Gasteiger partial charge in [-0.25, -0.2) is 8.42 Å². The smallest absolute Gasteiger partial charge is 0.243 e. The highest BCUT2D eigenvalue weighted by Gasteiger charge is 2.26. The quantitative estimate of drug-likeness (QED) is 0.841. The van der Waals surface area contributed by atoms with Crippen molar-refractivity contribution in [2.45, 2.75) is 44.2 Å². The van der Waals surface area contributed by atoms with Crippen molar-refractivity contribution < 1.29 is 8.42 Å². The zero-order chi connectivity index (χ0) is 15.3. The number of nitrogens with one attached hydrogen (secondary N) is 1. The van der Waals surface area contributed by atoms with E-state index in [1.165, 1.54) is 10.4 Å². The standard InChI is InChI=1S/C14H23ClN2O2S/c1-5-12(6-2)17(4)20(18,19)13-8-7-11(10-16-3)14(15)9-13/h7-9,12,16H,5-6,10H2,1-4H3. The Labute approximate surface area is 127 Å². The first kappa shape index (κ1) is 17.4. The van der Waals surface area contributed by atoms with Gasteiger partial charge in [-0.3, -0.25) is 0 Å². The van der Waals surface area contributed by atoms with Crippen LogP contribution in [0.4, 0.5) is 0 Å². The van der Waals surface area contributed by atoms with Crippen LogP contribution in [-0.4, -0.2) is 32.9 Å². The highest BCUT2D eigenvalue weighted by Crippen LogP contribution is 2.24. The van der Waals surface area contributed by atoms with Crippen LogP contribution in [0.2, 0.25) is 5.02 Å². The first-order valence-electron chi connectivity index (χ1n) is 6.79. The van der Waals surface area contributed by atoms with Crippen LogP contribution in [0.5, 0.6) is 0 Å². The Bertz CT molecular complexity index is 542. The van der Waals surface area contributed by atoms with Crippen LogP contribution >= 0.6 is 11.6 Å². The van der Waals surface area contributed by atoms with E-state index in [0.717, 1.165) is 18.4 Å². The molecular formula is C14H23ClN2O2S. The molecule has 0 aliphatic heterocycles. The maximum atomic E-state index is 12.6. The van der Waals surface area contributed by atoms with Gasteiger partial charge in [0.25, 0.3) is 0 Å². The molecule has 0 aliphatic rings. The van der Waals surface area contributed by atoms with E-state index in [9.17, 15) is 8.42 Å². The van der Waals surface area contributed by atoms with Crippen molar-refractivity contribution in [1.29, 1.82) is 0 Å². The second kappa shape index (κ2) is 7.41. The van der Waals surface area contributed by atoms with Crippen molar-refractivity contribution in [2.75, 3.05) is 14.1 Å². The fraction of sp³-hybridized carbons (Fsp3) is 0.571. The molecule has 4 nitrogen and oxygen atoms in total. The number of hydrogen-bond acceptors (Lipinski definition) is 3. The fourth-order valence-electron chi connectivity index (χ4n) is 2.19. The van der Waals surface area contributed by atoms with E-state index in [2.05, 4.69) is 5.32 Å². The Kier molecular flexibility index (Phi) is 6.45. The zero-order valence-electron chi connectivity index (χ0n) is 12.5. The molecule has 0 radical (unpaired) electrons. The highest BCUT2D eigenvalue weighted by atomic mass is 35.5. The van der Waals surface area contributed by atoms with Gasteiger partial charge in [-0.05, 0) is 37.6 Å². The van der Waals surface area contributed by atoms with Gasteiger partial charge in [0.05, 0.1) is 4.90 Å². The monoisotopic (exact) mass is 318 g/mol. The normalized spacial score (nSPS) is 12.3. The fourth-order valence-corrected chi connectivity index (χ4v) is 4.03. The average molecular weight is 319 g/mol. The van der Waals surface area contributed by atoms with E-state index >= 15 is 0 Å². The molecule has 0 spiro atoms. The van der Waals surface area contributed by atoms with E-state index in [1.54, 1.807) is 19.2 Å². The Morgan fingerprint density at radius 2 is 1.90 bits per heavy atom. The van der Waals surface area contributed by atoms with Crippen LogP contribution in [0, 0.1) is 0 Å². The Hall–Kier alpha value is -0.620. The largest absolute Gasteiger partial charge is 0.316 e. The maximum absolute atomic E-state index is 12.6. The predicted octanol–water partition coefficient (Wildman–Crippen LogP) is 2.87. The molecule has 0 unspecified atom stereocenters. The molecule has 1 aromatic rings. The molecule has 0 aromatic heterocycles. The Morgan fingerprint density at radius 1 is 1.30 bits per heavy atom. The lowest BCUT2D eigenvalue weighted by Gasteiger charge is -2.25. The van der Waals surface area contributed by atoms with E-state index < -0.39 is 10.0 Å². The van der Waals surface area contributed by atoms with Crippen LogP contribution in [0.1, 0.15) is 32.3 Å². The van der Waals surface area contributed by atoms with Crippen LogP contribution in [-0.2, 0) is 16.6 Å². The lowest BCUT2D eigenvalue weighted by atomic mass is 10.2. The first-order chi connectivity index (χ1) is 9.38. The van der Waals surface area contributed by atoms with Crippen LogP contribution in [0.25, 0.3) is 0 Å². The van der Waals surface area contributed by atoms with E-state index in [4.69, 9.17) is 11.6 Å². The molecule has 20 heavy (non-hydrogen) atoms. The van der Waals surface area contributed by atoms with Gasteiger partial charge in [-0.1, -0.05) is 31.5 Å². The molecule has 0 saturated carbocycles. The molecule has 6 heteroatoms. The summed E-state index contributed by atoms with van der Waals surface area (Å²) < 4.78 is 26.6. The summed E-state index contributed by atoms with van der Waals surface area (Å²) in [7, 11) is -0.0394. The van der Waals surface area contributed by atoms with Gasteiger partial charge in [0.2, 0.25) is 10.0 Å². The minimum absolute atomic E-state index is 0.00996. The molecule has 0 heterocycles. The number of nitrogens with zero attached hydrogens (tertiary/aromatic N) is 1. The van der Waals surface area contributed by atoms with Gasteiger partial charge in [-0.15, -0.1) is 0 Å². The molecule has 1 N–H and O–H groups in total. The number of sulfonamides is 1. The third-order valence-corrected chi connectivity index (χ3v) is 5.78. The number of benzene rings is 1. The average Bonchev–Trinajstić information content (AvgIpc) is 2.42. The van der Waals surface area contributed by atoms with Gasteiger partial charge in [0.1, 0.15) is 0 Å². The Morgan fingerprint density at radius 3 is 2.35 bits per heavy atom. The number of halogens is 1. The van der Waals surface area contributed by atoms with Gasteiger partial charge >= 0.3 is 0 Å². The predicted molar refractivity (Wildman–Crippen MR) is 83.5 cm³/mol. The van der Waals surface area contributed by atoms with Crippen molar-refractivity contribution in [3.05, 3.63) is 28.8 Å². The molecular weight excluding hydrogens is 296 g/mol. The van der Waals surface area contributed by atoms with Crippen LogP contribution in [0.3, 0.4) is 0 Å². The van der Waals surface area contributed by atoms with Crippen LogP contribution in [0.15, 0.2) is 23.1 Å². The summed E-state index contributed by atoms with van der Waals surface area (Å²) in [5.74, 6) is 0. The molecule has 0 fully saturated rings. The van der Waals surface area contributed by atoms with E-state index in [-0.39, 0.29) is 10.9 Å². The first-order valence-corrected chi connectivity index (χ1v) is 8.61. The summed E-state index contributed by atoms with van der Waals surface area (Å²) >= 11 is 6.14. The molecule has 0 amide bonds. The summed E-state index contributed by atoms with van der Waals surface area (Å²) in [5, 5.41) is 3.47. The minimum atomic E-state index is -3.49. The van der Waals surface area contributed by atoms with Crippen molar-refractivity contribution in [1.82, 2.24) is 9.62 Å². The van der Waals surface area contributed by atoms with Gasteiger partial charge in [-0.2, -0.15) is 4.31 Å². The molecule has 0 atom stereocenters. The number of hydrogen-bond donors (Lipinski definition) is 1. The van der Waals surface area contributed by atoms with Crippen molar-refractivity contribution in [2.24, 2.45) is 0 Å². The third-order valence-electron chi connectivity index (χ3n) is 3.53. The van der Waals surface area contributed by atoms with Crippen LogP contribution < -0.4 is 5.32 Å². The molecule has 114 valence electrons. The van der Waals surface area contributed by atoms with Gasteiger partial charge in [0, 0.05) is 24.7 Å². The van der Waals surface area contributed by atoms with E-state index in [0.29, 0.717) is 11.6 Å². The summed E-state index contributed by atoms with van der Waals surface area (Å²) in [4.78, 5) is 0.247. The lowest BCUT2D eigenvalue weighted by Crippen LogP contribution is -2.36. The second-order valence-corrected chi connectivity index (χ2v) is 7.18. The SMILES string of the molecule is CCC(CC)N(C)S(=O)(=O)c1ccc(CNC)c(Cl)c1. The Balaban J connectivity index is 3.13. The van der Waals surface area contributed by atoms with Crippen molar-refractivity contribution in [3.63, 3.8) is 0 Å². The van der Waals surface area contributed by atoms with Gasteiger partial charge < -0.3 is 5.32 Å². The summed E-state index contributed by atoms with van der Waals surface area (Å²) in [6, 6.07) is 4.91. The maximum Gasteiger partial charge on any atom is 0.243 e. The molecule has 0 aliphatic carbocycles. The zero-order valence-corrected chi connectivity index (χ0v) is 14.1. The summed E-state index contributed by atoms with van der Waals surface area (Å²) in [5.41, 5.74) is 0.887. The molecule has 0 saturated heterocycles. The highest BCUT2D eigenvalue weighted by molar-refractivity contribution is 7.89. The van der Waals surface area contributed by atoms with E-state index in [1.807, 2.05) is 20.9 Å². The summed E-state index contributed by atoms with van der Waals surface area (Å²) in [6.07, 6.45) is 1.58. The molecule has 1 rings (SSSR count). The van der Waals surface area contributed by atoms with Crippen molar-refractivity contribution in [3.8, 4) is 0 Å². The third kappa shape index (κ3) is 3.73. The number of rotatable bonds is 7. The lowest BCUT2D eigenvalue weighted by molar-refractivity contribution is 0.349. The van der Waals surface area contributed by atoms with Crippen molar-refractivity contribution >= 4 is 21.6 Å².